The summed E-state index contributed by atoms with van der Waals surface area (Å²) in [6.07, 6.45) is 1.74. The zero-order valence-electron chi connectivity index (χ0n) is 10.1. The molecular weight excluding hydrogens is 208 g/mol. The Balaban J connectivity index is 2.87. The lowest BCUT2D eigenvalue weighted by molar-refractivity contribution is -0.197. The first kappa shape index (κ1) is 13.2. The molecule has 1 N–H and O–H groups in total. The Morgan fingerprint density at radius 2 is 2.31 bits per heavy atom. The van der Waals surface area contributed by atoms with Crippen LogP contribution in [-0.4, -0.2) is 36.5 Å². The standard InChI is InChI=1S/C12H20O4/c1-5-6-9-12(2,3)10(15-4)7-8(16-9)11(13)14/h5,8-10H,1,6-7H2,2-4H3,(H,13,14)/t8-,9-,10-/m1/s1. The van der Waals surface area contributed by atoms with Crippen LogP contribution < -0.4 is 0 Å². The van der Waals surface area contributed by atoms with E-state index in [0.29, 0.717) is 12.8 Å². The van der Waals surface area contributed by atoms with Gasteiger partial charge >= 0.3 is 5.97 Å². The van der Waals surface area contributed by atoms with Crippen molar-refractivity contribution < 1.29 is 19.4 Å². The normalized spacial score (nSPS) is 33.3. The smallest absolute Gasteiger partial charge is 0.332 e. The summed E-state index contributed by atoms with van der Waals surface area (Å²) in [6, 6.07) is 0. The number of hydrogen-bond donors (Lipinski definition) is 1. The van der Waals surface area contributed by atoms with Gasteiger partial charge in [-0.2, -0.15) is 0 Å². The number of carboxylic acid groups (broad SMARTS) is 1. The summed E-state index contributed by atoms with van der Waals surface area (Å²) < 4.78 is 11.0. The zero-order valence-corrected chi connectivity index (χ0v) is 10.1. The third-order valence-electron chi connectivity index (χ3n) is 3.36. The quantitative estimate of drug-likeness (QED) is 0.746. The molecule has 4 heteroatoms. The van der Waals surface area contributed by atoms with Crippen LogP contribution in [0, 0.1) is 5.41 Å². The van der Waals surface area contributed by atoms with Gasteiger partial charge < -0.3 is 14.6 Å². The SMILES string of the molecule is C=CC[C@H]1O[C@@H](C(=O)O)C[C@@H](OC)C1(C)C. The van der Waals surface area contributed by atoms with Crippen molar-refractivity contribution in [3.8, 4) is 0 Å². The molecule has 3 atom stereocenters. The predicted molar refractivity (Wildman–Crippen MR) is 60.3 cm³/mol. The molecular formula is C12H20O4. The average Bonchev–Trinajstić information content (AvgIpc) is 2.20. The maximum absolute atomic E-state index is 11.0. The highest BCUT2D eigenvalue weighted by atomic mass is 16.5. The summed E-state index contributed by atoms with van der Waals surface area (Å²) in [7, 11) is 1.61. The highest BCUT2D eigenvalue weighted by Gasteiger charge is 2.46. The molecule has 0 aromatic carbocycles. The Morgan fingerprint density at radius 3 is 2.75 bits per heavy atom. The van der Waals surface area contributed by atoms with Gasteiger partial charge in [-0.3, -0.25) is 0 Å². The third-order valence-corrected chi connectivity index (χ3v) is 3.36. The molecule has 1 aliphatic rings. The molecule has 92 valence electrons. The first-order valence-electron chi connectivity index (χ1n) is 5.45. The molecule has 0 spiro atoms. The maximum Gasteiger partial charge on any atom is 0.332 e. The van der Waals surface area contributed by atoms with Crippen LogP contribution in [0.2, 0.25) is 0 Å². The fourth-order valence-corrected chi connectivity index (χ4v) is 2.20. The molecule has 16 heavy (non-hydrogen) atoms. The average molecular weight is 228 g/mol. The van der Waals surface area contributed by atoms with Crippen molar-refractivity contribution >= 4 is 5.97 Å². The molecule has 1 aliphatic heterocycles. The van der Waals surface area contributed by atoms with E-state index in [-0.39, 0.29) is 17.6 Å². The van der Waals surface area contributed by atoms with Crippen molar-refractivity contribution in [3.05, 3.63) is 12.7 Å². The van der Waals surface area contributed by atoms with Crippen LogP contribution in [0.15, 0.2) is 12.7 Å². The maximum atomic E-state index is 11.0. The number of ether oxygens (including phenoxy) is 2. The van der Waals surface area contributed by atoms with E-state index in [1.807, 2.05) is 13.8 Å². The number of rotatable bonds is 4. The number of carboxylic acids is 1. The minimum Gasteiger partial charge on any atom is -0.479 e. The van der Waals surface area contributed by atoms with E-state index in [4.69, 9.17) is 14.6 Å². The van der Waals surface area contributed by atoms with Crippen LogP contribution in [0.1, 0.15) is 26.7 Å². The third kappa shape index (κ3) is 2.44. The Kier molecular flexibility index (Phi) is 4.10. The summed E-state index contributed by atoms with van der Waals surface area (Å²) in [5, 5.41) is 9.00. The van der Waals surface area contributed by atoms with Crippen molar-refractivity contribution in [2.24, 2.45) is 5.41 Å². The topological polar surface area (TPSA) is 55.8 Å². The minimum atomic E-state index is -0.924. The number of aliphatic carboxylic acids is 1. The van der Waals surface area contributed by atoms with Gasteiger partial charge in [-0.15, -0.1) is 6.58 Å². The van der Waals surface area contributed by atoms with Gasteiger partial charge in [0, 0.05) is 18.9 Å². The van der Waals surface area contributed by atoms with Gasteiger partial charge in [0.1, 0.15) is 0 Å². The van der Waals surface area contributed by atoms with E-state index < -0.39 is 12.1 Å². The molecule has 0 unspecified atom stereocenters. The second-order valence-corrected chi connectivity index (χ2v) is 4.76. The van der Waals surface area contributed by atoms with E-state index in [9.17, 15) is 4.79 Å². The van der Waals surface area contributed by atoms with E-state index in [1.54, 1.807) is 13.2 Å². The predicted octanol–water partition coefficient (Wildman–Crippen LogP) is 1.85. The fourth-order valence-electron chi connectivity index (χ4n) is 2.20. The summed E-state index contributed by atoms with van der Waals surface area (Å²) >= 11 is 0. The van der Waals surface area contributed by atoms with E-state index >= 15 is 0 Å². The molecule has 0 radical (unpaired) electrons. The van der Waals surface area contributed by atoms with Crippen LogP contribution in [-0.2, 0) is 14.3 Å². The van der Waals surface area contributed by atoms with Crippen LogP contribution >= 0.6 is 0 Å². The van der Waals surface area contributed by atoms with Gasteiger partial charge in [0.15, 0.2) is 6.10 Å². The molecule has 1 fully saturated rings. The zero-order chi connectivity index (χ0) is 12.3. The number of carbonyl (C=O) groups is 1. The fraction of sp³-hybridized carbons (Fsp3) is 0.750. The number of hydrogen-bond acceptors (Lipinski definition) is 3. The van der Waals surface area contributed by atoms with Crippen LogP contribution in [0.25, 0.3) is 0 Å². The molecule has 0 aromatic heterocycles. The van der Waals surface area contributed by atoms with Crippen LogP contribution in [0.4, 0.5) is 0 Å². The molecule has 0 amide bonds. The Labute approximate surface area is 96.2 Å². The van der Waals surface area contributed by atoms with Crippen molar-refractivity contribution in [1.29, 1.82) is 0 Å². The molecule has 0 saturated carbocycles. The summed E-state index contributed by atoms with van der Waals surface area (Å²) in [5.74, 6) is -0.924. The molecule has 1 rings (SSSR count). The Morgan fingerprint density at radius 1 is 1.69 bits per heavy atom. The van der Waals surface area contributed by atoms with Crippen molar-refractivity contribution in [2.45, 2.75) is 45.0 Å². The molecule has 4 nitrogen and oxygen atoms in total. The lowest BCUT2D eigenvalue weighted by Gasteiger charge is -2.45. The molecule has 1 saturated heterocycles. The molecule has 0 aromatic rings. The Bertz CT molecular complexity index is 272. The summed E-state index contributed by atoms with van der Waals surface area (Å²) in [4.78, 5) is 11.0. The first-order valence-corrected chi connectivity index (χ1v) is 5.45. The highest BCUT2D eigenvalue weighted by molar-refractivity contribution is 5.72. The molecule has 0 aliphatic carbocycles. The van der Waals surface area contributed by atoms with Gasteiger partial charge in [0.05, 0.1) is 12.2 Å². The summed E-state index contributed by atoms with van der Waals surface area (Å²) in [5.41, 5.74) is -0.200. The van der Waals surface area contributed by atoms with E-state index in [0.717, 1.165) is 0 Å². The summed E-state index contributed by atoms with van der Waals surface area (Å²) in [6.45, 7) is 7.74. The molecule has 1 heterocycles. The first-order chi connectivity index (χ1) is 7.43. The van der Waals surface area contributed by atoms with Gasteiger partial charge in [0.25, 0.3) is 0 Å². The van der Waals surface area contributed by atoms with Crippen LogP contribution in [0.5, 0.6) is 0 Å². The monoisotopic (exact) mass is 228 g/mol. The second-order valence-electron chi connectivity index (χ2n) is 4.76. The number of methoxy groups -OCH3 is 1. The highest BCUT2D eigenvalue weighted by Crippen LogP contribution is 2.39. The van der Waals surface area contributed by atoms with Crippen molar-refractivity contribution in [2.75, 3.05) is 7.11 Å². The Hall–Kier alpha value is -0.870. The minimum absolute atomic E-state index is 0.104. The molecule has 0 bridgehead atoms. The van der Waals surface area contributed by atoms with Crippen LogP contribution in [0.3, 0.4) is 0 Å². The lowest BCUT2D eigenvalue weighted by atomic mass is 9.75. The van der Waals surface area contributed by atoms with Gasteiger partial charge in [-0.25, -0.2) is 4.79 Å². The largest absolute Gasteiger partial charge is 0.479 e. The van der Waals surface area contributed by atoms with Crippen molar-refractivity contribution in [3.63, 3.8) is 0 Å². The van der Waals surface area contributed by atoms with E-state index in [1.165, 1.54) is 0 Å². The lowest BCUT2D eigenvalue weighted by Crippen LogP contribution is -2.52. The second kappa shape index (κ2) is 4.97. The van der Waals surface area contributed by atoms with Gasteiger partial charge in [-0.05, 0) is 6.42 Å². The van der Waals surface area contributed by atoms with Gasteiger partial charge in [0.2, 0.25) is 0 Å². The van der Waals surface area contributed by atoms with Gasteiger partial charge in [-0.1, -0.05) is 19.9 Å². The van der Waals surface area contributed by atoms with E-state index in [2.05, 4.69) is 6.58 Å². The van der Waals surface area contributed by atoms with Crippen molar-refractivity contribution in [1.82, 2.24) is 0 Å².